The highest BCUT2D eigenvalue weighted by molar-refractivity contribution is 5.96. The fraction of sp³-hybridized carbons (Fsp3) is 0.342. The molecule has 3 rings (SSSR count). The van der Waals surface area contributed by atoms with Crippen LogP contribution in [0.1, 0.15) is 29.5 Å². The molecule has 5 atom stereocenters. The fourth-order valence-corrected chi connectivity index (χ4v) is 5.50. The molecule has 3 aromatic rings. The van der Waals surface area contributed by atoms with Crippen molar-refractivity contribution in [1.82, 2.24) is 26.6 Å². The molecule has 0 bridgehead atoms. The number of carbonyl (C=O) groups excluding carboxylic acids is 6. The second kappa shape index (κ2) is 22.7. The van der Waals surface area contributed by atoms with Crippen molar-refractivity contribution < 1.29 is 33.9 Å². The van der Waals surface area contributed by atoms with Gasteiger partial charge in [-0.05, 0) is 29.5 Å². The van der Waals surface area contributed by atoms with Gasteiger partial charge in [-0.15, -0.1) is 0 Å². The van der Waals surface area contributed by atoms with E-state index in [1.54, 1.807) is 91.0 Å². The van der Waals surface area contributed by atoms with Gasteiger partial charge in [-0.25, -0.2) is 0 Å². The van der Waals surface area contributed by atoms with Crippen LogP contribution in [0.5, 0.6) is 0 Å². The predicted octanol–water partition coefficient (Wildman–Crippen LogP) is -2.37. The molecule has 17 nitrogen and oxygen atoms in total. The second-order valence-electron chi connectivity index (χ2n) is 12.7. The van der Waals surface area contributed by atoms with Gasteiger partial charge in [-0.3, -0.25) is 33.8 Å². The zero-order valence-corrected chi connectivity index (χ0v) is 30.4. The number of hydrogen-bond donors (Lipinski definition) is 10. The molecule has 0 unspecified atom stereocenters. The number of aliphatic imine (C=N–C) groups is 1. The highest BCUT2D eigenvalue weighted by Gasteiger charge is 2.32. The molecule has 6 amide bonds. The van der Waals surface area contributed by atoms with Crippen LogP contribution in [-0.4, -0.2) is 96.4 Å². The van der Waals surface area contributed by atoms with Gasteiger partial charge < -0.3 is 54.6 Å². The van der Waals surface area contributed by atoms with Gasteiger partial charge >= 0.3 is 0 Å². The average molecular weight is 759 g/mol. The van der Waals surface area contributed by atoms with Crippen LogP contribution in [-0.2, 0) is 48.0 Å². The Hall–Kier alpha value is -6.33. The Labute approximate surface area is 319 Å². The molecule has 0 aliphatic carbocycles. The van der Waals surface area contributed by atoms with Crippen molar-refractivity contribution in [3.8, 4) is 0 Å². The third-order valence-electron chi connectivity index (χ3n) is 8.37. The lowest BCUT2D eigenvalue weighted by Crippen LogP contribution is -2.60. The summed E-state index contributed by atoms with van der Waals surface area (Å²) in [5.74, 6) is -4.75. The summed E-state index contributed by atoms with van der Waals surface area (Å²) in [5.41, 5.74) is 24.1. The van der Waals surface area contributed by atoms with E-state index in [9.17, 15) is 33.9 Å². The molecule has 55 heavy (non-hydrogen) atoms. The number of nitrogens with two attached hydrogens (primary N) is 4. The predicted molar refractivity (Wildman–Crippen MR) is 205 cm³/mol. The molecule has 294 valence electrons. The Morgan fingerprint density at radius 3 is 1.36 bits per heavy atom. The highest BCUT2D eigenvalue weighted by atomic mass is 16.3. The van der Waals surface area contributed by atoms with E-state index >= 15 is 0 Å². The molecule has 0 aliphatic heterocycles. The van der Waals surface area contributed by atoms with Gasteiger partial charge in [0.25, 0.3) is 0 Å². The van der Waals surface area contributed by atoms with E-state index in [0.29, 0.717) is 11.1 Å². The normalized spacial score (nSPS) is 13.4. The summed E-state index contributed by atoms with van der Waals surface area (Å²) < 4.78 is 0. The number of aliphatic hydroxyl groups excluding tert-OH is 1. The Balaban J connectivity index is 1.83. The molecule has 17 heteroatoms. The molecule has 0 saturated heterocycles. The molecule has 0 heterocycles. The average Bonchev–Trinajstić information content (AvgIpc) is 3.17. The first kappa shape index (κ1) is 43.1. The Morgan fingerprint density at radius 1 is 0.545 bits per heavy atom. The lowest BCUT2D eigenvalue weighted by Gasteiger charge is -2.27. The minimum absolute atomic E-state index is 0.0316. The number of rotatable bonds is 22. The first-order valence-electron chi connectivity index (χ1n) is 17.7. The van der Waals surface area contributed by atoms with Crippen molar-refractivity contribution in [2.75, 3.05) is 19.7 Å². The van der Waals surface area contributed by atoms with Crippen LogP contribution in [0.3, 0.4) is 0 Å². The van der Waals surface area contributed by atoms with Crippen molar-refractivity contribution in [3.05, 3.63) is 108 Å². The molecule has 3 aromatic carbocycles. The minimum Gasteiger partial charge on any atom is -0.394 e. The number of aliphatic hydroxyl groups is 1. The number of amides is 6. The van der Waals surface area contributed by atoms with E-state index in [0.717, 1.165) is 5.56 Å². The van der Waals surface area contributed by atoms with E-state index in [1.807, 2.05) is 0 Å². The first-order chi connectivity index (χ1) is 26.4. The van der Waals surface area contributed by atoms with Crippen LogP contribution >= 0.6 is 0 Å². The van der Waals surface area contributed by atoms with E-state index in [1.165, 1.54) is 0 Å². The number of nitrogens with zero attached hydrogens (tertiary/aromatic N) is 1. The third kappa shape index (κ3) is 15.3. The van der Waals surface area contributed by atoms with Gasteiger partial charge in [-0.2, -0.15) is 0 Å². The summed E-state index contributed by atoms with van der Waals surface area (Å²) in [4.78, 5) is 83.1. The Morgan fingerprint density at radius 2 is 0.927 bits per heavy atom. The van der Waals surface area contributed by atoms with Gasteiger partial charge in [0.2, 0.25) is 35.4 Å². The van der Waals surface area contributed by atoms with Crippen LogP contribution in [0.2, 0.25) is 0 Å². The van der Waals surface area contributed by atoms with Gasteiger partial charge in [0.1, 0.15) is 30.2 Å². The van der Waals surface area contributed by atoms with Gasteiger partial charge in [0.15, 0.2) is 5.96 Å². The quantitative estimate of drug-likeness (QED) is 0.0295. The summed E-state index contributed by atoms with van der Waals surface area (Å²) in [6, 6.07) is 20.1. The number of hydrogen-bond acceptors (Lipinski definition) is 9. The summed E-state index contributed by atoms with van der Waals surface area (Å²) >= 11 is 0. The fourth-order valence-electron chi connectivity index (χ4n) is 5.50. The number of carbonyl (C=O) groups is 6. The molecule has 0 radical (unpaired) electrons. The maximum atomic E-state index is 14.0. The van der Waals surface area contributed by atoms with Crippen molar-refractivity contribution in [2.45, 2.75) is 62.3 Å². The van der Waals surface area contributed by atoms with E-state index < -0.39 is 72.3 Å². The minimum atomic E-state index is -1.54. The molecule has 14 N–H and O–H groups in total. The van der Waals surface area contributed by atoms with Crippen molar-refractivity contribution >= 4 is 41.4 Å². The van der Waals surface area contributed by atoms with Gasteiger partial charge in [0.05, 0.1) is 13.2 Å². The van der Waals surface area contributed by atoms with Gasteiger partial charge in [-0.1, -0.05) is 91.0 Å². The smallest absolute Gasteiger partial charge is 0.245 e. The van der Waals surface area contributed by atoms with Crippen LogP contribution < -0.4 is 49.5 Å². The molecular formula is C38H50N10O7. The van der Waals surface area contributed by atoms with Crippen molar-refractivity contribution in [2.24, 2.45) is 27.9 Å². The molecule has 0 aliphatic rings. The summed E-state index contributed by atoms with van der Waals surface area (Å²) in [6.45, 7) is -1.11. The summed E-state index contributed by atoms with van der Waals surface area (Å²) in [7, 11) is 0. The van der Waals surface area contributed by atoms with Crippen molar-refractivity contribution in [1.29, 1.82) is 0 Å². The SMILES string of the molecule is NCC(=O)N[C@@H](Cc1ccccc1)C(=O)N[C@@H](CO)C(=O)N[C@@H](Cc1ccccc1)C(=O)N[C@@H](CCCN=C(N)N)C(=O)N[C@@H](Cc1ccccc1)C(N)=O. The number of nitrogens with one attached hydrogen (secondary N) is 5. The third-order valence-corrected chi connectivity index (χ3v) is 8.37. The first-order valence-corrected chi connectivity index (χ1v) is 17.7. The maximum absolute atomic E-state index is 14.0. The molecule has 0 fully saturated rings. The molecule has 0 aromatic heterocycles. The van der Waals surface area contributed by atoms with Crippen LogP contribution in [0, 0.1) is 0 Å². The van der Waals surface area contributed by atoms with Crippen LogP contribution in [0.4, 0.5) is 0 Å². The van der Waals surface area contributed by atoms with E-state index in [-0.39, 0.29) is 51.2 Å². The zero-order valence-electron chi connectivity index (χ0n) is 30.4. The van der Waals surface area contributed by atoms with Crippen LogP contribution in [0.15, 0.2) is 96.0 Å². The second-order valence-corrected chi connectivity index (χ2v) is 12.7. The van der Waals surface area contributed by atoms with Crippen molar-refractivity contribution in [3.63, 3.8) is 0 Å². The number of guanidine groups is 1. The van der Waals surface area contributed by atoms with E-state index in [4.69, 9.17) is 22.9 Å². The monoisotopic (exact) mass is 758 g/mol. The summed E-state index contributed by atoms with van der Waals surface area (Å²) in [6.07, 6.45) is 0.387. The highest BCUT2D eigenvalue weighted by Crippen LogP contribution is 2.09. The maximum Gasteiger partial charge on any atom is 0.245 e. The molecule has 0 spiro atoms. The molecule has 0 saturated carbocycles. The Kier molecular flexibility index (Phi) is 17.8. The van der Waals surface area contributed by atoms with Gasteiger partial charge in [0, 0.05) is 25.8 Å². The van der Waals surface area contributed by atoms with E-state index in [2.05, 4.69) is 31.6 Å². The van der Waals surface area contributed by atoms with Crippen LogP contribution in [0.25, 0.3) is 0 Å². The number of benzene rings is 3. The zero-order chi connectivity index (χ0) is 40.2. The lowest BCUT2D eigenvalue weighted by atomic mass is 10.0. The topological polar surface area (TPSA) is 299 Å². The Bertz CT molecular complexity index is 1740. The largest absolute Gasteiger partial charge is 0.394 e. The number of primary amides is 1. The lowest BCUT2D eigenvalue weighted by molar-refractivity contribution is -0.135. The molecular weight excluding hydrogens is 708 g/mol. The standard InChI is InChI=1S/C38H50N10O7/c39-22-32(50)44-29(20-25-13-6-2-7-14-25)35(53)48-31(23-49)37(55)47-30(21-26-15-8-3-9-16-26)36(54)45-27(17-10-18-43-38(41)42)34(52)46-28(33(40)51)19-24-11-4-1-5-12-24/h1-9,11-16,27-31,49H,10,17-23,39H2,(H2,40,51)(H,44,50)(H,45,54)(H,46,52)(H,47,55)(H,48,53)(H4,41,42,43)/t27-,28-,29-,30-,31-/m0/s1. The summed E-state index contributed by atoms with van der Waals surface area (Å²) in [5, 5.41) is 23.1.